The van der Waals surface area contributed by atoms with Crippen LogP contribution in [0.3, 0.4) is 0 Å². The molecule has 0 amide bonds. The molecule has 19 heavy (non-hydrogen) atoms. The van der Waals surface area contributed by atoms with Crippen LogP contribution < -0.4 is 11.3 Å². The van der Waals surface area contributed by atoms with Crippen molar-refractivity contribution in [3.63, 3.8) is 0 Å². The topological polar surface area (TPSA) is 68.8 Å². The van der Waals surface area contributed by atoms with Crippen LogP contribution in [-0.4, -0.2) is 14.8 Å². The van der Waals surface area contributed by atoms with Gasteiger partial charge >= 0.3 is 0 Å². The van der Waals surface area contributed by atoms with Crippen LogP contribution in [0.15, 0.2) is 48.9 Å². The summed E-state index contributed by atoms with van der Waals surface area (Å²) in [6, 6.07) is 10.0. The van der Waals surface area contributed by atoms with Gasteiger partial charge in [0.05, 0.1) is 17.8 Å². The SMILES string of the molecule is Cn1cc(C(NN)c2cnc3ccccc3c2)cn1. The van der Waals surface area contributed by atoms with Crippen LogP contribution in [0.25, 0.3) is 10.9 Å². The fraction of sp³-hybridized carbons (Fsp3) is 0.143. The smallest absolute Gasteiger partial charge is 0.0755 e. The number of para-hydroxylation sites is 1. The Morgan fingerprint density at radius 1 is 1.21 bits per heavy atom. The van der Waals surface area contributed by atoms with E-state index in [2.05, 4.69) is 21.6 Å². The number of aromatic nitrogens is 3. The minimum Gasteiger partial charge on any atom is -0.275 e. The summed E-state index contributed by atoms with van der Waals surface area (Å²) in [5.41, 5.74) is 5.84. The summed E-state index contributed by atoms with van der Waals surface area (Å²) in [4.78, 5) is 4.46. The Bertz CT molecular complexity index is 704. The van der Waals surface area contributed by atoms with Gasteiger partial charge in [0, 0.05) is 30.4 Å². The van der Waals surface area contributed by atoms with Crippen molar-refractivity contribution in [1.29, 1.82) is 0 Å². The van der Waals surface area contributed by atoms with Gasteiger partial charge in [-0.3, -0.25) is 15.5 Å². The maximum atomic E-state index is 5.68. The van der Waals surface area contributed by atoms with E-state index in [1.54, 1.807) is 10.9 Å². The number of hydrogen-bond acceptors (Lipinski definition) is 4. The molecule has 1 unspecified atom stereocenters. The third-order valence-corrected chi connectivity index (χ3v) is 3.17. The number of benzene rings is 1. The molecule has 0 aliphatic rings. The lowest BCUT2D eigenvalue weighted by molar-refractivity contribution is 0.634. The summed E-state index contributed by atoms with van der Waals surface area (Å²) >= 11 is 0. The Morgan fingerprint density at radius 2 is 2.05 bits per heavy atom. The molecule has 5 nitrogen and oxygen atoms in total. The molecule has 96 valence electrons. The molecule has 0 aliphatic carbocycles. The highest BCUT2D eigenvalue weighted by Gasteiger charge is 2.14. The monoisotopic (exact) mass is 253 g/mol. The third kappa shape index (κ3) is 2.21. The highest BCUT2D eigenvalue weighted by atomic mass is 15.3. The Labute approximate surface area is 111 Å². The number of nitrogens with zero attached hydrogens (tertiary/aromatic N) is 3. The van der Waals surface area contributed by atoms with Gasteiger partial charge in [0.25, 0.3) is 0 Å². The molecule has 0 aliphatic heterocycles. The minimum absolute atomic E-state index is 0.106. The molecule has 0 fully saturated rings. The lowest BCUT2D eigenvalue weighted by Crippen LogP contribution is -2.28. The number of pyridine rings is 1. The first-order valence-corrected chi connectivity index (χ1v) is 6.07. The standard InChI is InChI=1S/C14H15N5/c1-19-9-12(8-17-19)14(18-15)11-6-10-4-2-3-5-13(10)16-7-11/h2-9,14,18H,15H2,1H3. The van der Waals surface area contributed by atoms with Crippen molar-refractivity contribution in [1.82, 2.24) is 20.2 Å². The van der Waals surface area contributed by atoms with Crippen molar-refractivity contribution in [2.45, 2.75) is 6.04 Å². The van der Waals surface area contributed by atoms with Crippen LogP contribution in [0.5, 0.6) is 0 Å². The molecule has 1 atom stereocenters. The van der Waals surface area contributed by atoms with E-state index in [-0.39, 0.29) is 6.04 Å². The second-order valence-corrected chi connectivity index (χ2v) is 4.51. The van der Waals surface area contributed by atoms with Gasteiger partial charge in [-0.1, -0.05) is 18.2 Å². The van der Waals surface area contributed by atoms with Crippen LogP contribution in [0.1, 0.15) is 17.2 Å². The fourth-order valence-corrected chi connectivity index (χ4v) is 2.22. The summed E-state index contributed by atoms with van der Waals surface area (Å²) in [6.07, 6.45) is 5.60. The van der Waals surface area contributed by atoms with Gasteiger partial charge in [-0.05, 0) is 17.7 Å². The van der Waals surface area contributed by atoms with Crippen molar-refractivity contribution in [2.75, 3.05) is 0 Å². The Kier molecular flexibility index (Phi) is 2.98. The van der Waals surface area contributed by atoms with Crippen LogP contribution in [0, 0.1) is 0 Å². The average molecular weight is 253 g/mol. The van der Waals surface area contributed by atoms with E-state index in [9.17, 15) is 0 Å². The van der Waals surface area contributed by atoms with Gasteiger partial charge < -0.3 is 0 Å². The van der Waals surface area contributed by atoms with Gasteiger partial charge in [-0.25, -0.2) is 5.43 Å². The van der Waals surface area contributed by atoms with Crippen molar-refractivity contribution < 1.29 is 0 Å². The summed E-state index contributed by atoms with van der Waals surface area (Å²) in [7, 11) is 1.88. The number of rotatable bonds is 3. The number of hydrazine groups is 1. The van der Waals surface area contributed by atoms with E-state index in [1.165, 1.54) is 0 Å². The van der Waals surface area contributed by atoms with Crippen LogP contribution in [0.2, 0.25) is 0 Å². The molecule has 0 bridgehead atoms. The fourth-order valence-electron chi connectivity index (χ4n) is 2.22. The van der Waals surface area contributed by atoms with Gasteiger partial charge in [0.15, 0.2) is 0 Å². The first kappa shape index (κ1) is 11.8. The molecule has 0 spiro atoms. The molecule has 0 saturated carbocycles. The van der Waals surface area contributed by atoms with Crippen molar-refractivity contribution >= 4 is 10.9 Å². The third-order valence-electron chi connectivity index (χ3n) is 3.17. The van der Waals surface area contributed by atoms with Crippen LogP contribution in [0.4, 0.5) is 0 Å². The van der Waals surface area contributed by atoms with Gasteiger partial charge in [-0.15, -0.1) is 0 Å². The quantitative estimate of drug-likeness (QED) is 0.548. The maximum Gasteiger partial charge on any atom is 0.0755 e. The molecule has 3 rings (SSSR count). The summed E-state index contributed by atoms with van der Waals surface area (Å²) in [6.45, 7) is 0. The second-order valence-electron chi connectivity index (χ2n) is 4.51. The molecule has 0 radical (unpaired) electrons. The zero-order valence-corrected chi connectivity index (χ0v) is 10.6. The summed E-state index contributed by atoms with van der Waals surface area (Å²) < 4.78 is 1.76. The molecular formula is C14H15N5. The zero-order chi connectivity index (χ0) is 13.2. The number of nitrogens with one attached hydrogen (secondary N) is 1. The molecule has 3 aromatic rings. The van der Waals surface area contributed by atoms with E-state index >= 15 is 0 Å². The lowest BCUT2D eigenvalue weighted by Gasteiger charge is -2.14. The van der Waals surface area contributed by atoms with E-state index in [1.807, 2.05) is 43.7 Å². The maximum absolute atomic E-state index is 5.68. The van der Waals surface area contributed by atoms with Crippen molar-refractivity contribution in [3.05, 3.63) is 60.0 Å². The van der Waals surface area contributed by atoms with Gasteiger partial charge in [0.1, 0.15) is 0 Å². The Morgan fingerprint density at radius 3 is 2.79 bits per heavy atom. The zero-order valence-electron chi connectivity index (χ0n) is 10.6. The Balaban J connectivity index is 2.06. The first-order chi connectivity index (χ1) is 9.28. The highest BCUT2D eigenvalue weighted by Crippen LogP contribution is 2.23. The van der Waals surface area contributed by atoms with Crippen LogP contribution >= 0.6 is 0 Å². The predicted molar refractivity (Wildman–Crippen MR) is 74.1 cm³/mol. The molecule has 2 heterocycles. The summed E-state index contributed by atoms with van der Waals surface area (Å²) in [5, 5.41) is 5.28. The summed E-state index contributed by atoms with van der Waals surface area (Å²) in [5.74, 6) is 5.68. The van der Waals surface area contributed by atoms with Crippen molar-refractivity contribution in [3.8, 4) is 0 Å². The minimum atomic E-state index is -0.106. The average Bonchev–Trinajstić information content (AvgIpc) is 2.86. The van der Waals surface area contributed by atoms with E-state index in [4.69, 9.17) is 5.84 Å². The largest absolute Gasteiger partial charge is 0.275 e. The van der Waals surface area contributed by atoms with Crippen molar-refractivity contribution in [2.24, 2.45) is 12.9 Å². The number of nitrogens with two attached hydrogens (primary N) is 1. The van der Waals surface area contributed by atoms with Gasteiger partial charge in [-0.2, -0.15) is 5.10 Å². The predicted octanol–water partition coefficient (Wildman–Crippen LogP) is 1.52. The molecule has 1 aromatic carbocycles. The van der Waals surface area contributed by atoms with Gasteiger partial charge in [0.2, 0.25) is 0 Å². The number of fused-ring (bicyclic) bond motifs is 1. The number of aryl methyl sites for hydroxylation is 1. The Hall–Kier alpha value is -2.24. The van der Waals surface area contributed by atoms with Crippen LogP contribution in [-0.2, 0) is 7.05 Å². The molecular weight excluding hydrogens is 238 g/mol. The number of hydrogen-bond donors (Lipinski definition) is 2. The second kappa shape index (κ2) is 4.79. The molecule has 0 saturated heterocycles. The molecule has 5 heteroatoms. The van der Waals surface area contributed by atoms with E-state index in [0.29, 0.717) is 0 Å². The highest BCUT2D eigenvalue weighted by molar-refractivity contribution is 5.78. The molecule has 3 N–H and O–H groups in total. The van der Waals surface area contributed by atoms with E-state index < -0.39 is 0 Å². The normalized spacial score (nSPS) is 12.7. The lowest BCUT2D eigenvalue weighted by atomic mass is 10.0. The first-order valence-electron chi connectivity index (χ1n) is 6.07. The van der Waals surface area contributed by atoms with E-state index in [0.717, 1.165) is 22.0 Å². The molecule has 2 aromatic heterocycles.